The van der Waals surface area contributed by atoms with Crippen LogP contribution in [0.2, 0.25) is 0 Å². The molecule has 7 nitrogen and oxygen atoms in total. The van der Waals surface area contributed by atoms with Crippen LogP contribution < -0.4 is 4.74 Å². The number of piperidine rings is 1. The van der Waals surface area contributed by atoms with E-state index in [1.807, 2.05) is 13.0 Å². The minimum atomic E-state index is -4.46. The highest BCUT2D eigenvalue weighted by atomic mass is 19.4. The van der Waals surface area contributed by atoms with Crippen molar-refractivity contribution in [1.82, 2.24) is 24.8 Å². The van der Waals surface area contributed by atoms with E-state index in [0.29, 0.717) is 35.5 Å². The normalized spacial score (nSPS) is 21.6. The lowest BCUT2D eigenvalue weighted by atomic mass is 10.0. The van der Waals surface area contributed by atoms with Crippen molar-refractivity contribution < 1.29 is 22.7 Å². The largest absolute Gasteiger partial charge is 0.475 e. The SMILES string of the molecule is Cc1ccc(-c2ncccn2)c(C(=O)N2CC3CC3CC2COc2ccc(C(F)(F)F)cn2)n1. The lowest BCUT2D eigenvalue weighted by Crippen LogP contribution is -2.48. The number of amides is 1. The van der Waals surface area contributed by atoms with E-state index in [-0.39, 0.29) is 30.1 Å². The number of hydrogen-bond donors (Lipinski definition) is 0. The van der Waals surface area contributed by atoms with Crippen molar-refractivity contribution in [1.29, 1.82) is 0 Å². The first-order valence-electron chi connectivity index (χ1n) is 11.0. The van der Waals surface area contributed by atoms with Crippen LogP contribution in [-0.4, -0.2) is 49.9 Å². The summed E-state index contributed by atoms with van der Waals surface area (Å²) in [7, 11) is 0. The maximum absolute atomic E-state index is 13.7. The Bertz CT molecular complexity index is 1190. The second kappa shape index (κ2) is 8.66. The Balaban J connectivity index is 1.37. The van der Waals surface area contributed by atoms with Gasteiger partial charge in [0.1, 0.15) is 12.3 Å². The summed E-state index contributed by atoms with van der Waals surface area (Å²) in [5, 5.41) is 0. The number of carbonyl (C=O) groups is 1. The highest BCUT2D eigenvalue weighted by Crippen LogP contribution is 2.47. The van der Waals surface area contributed by atoms with Gasteiger partial charge in [-0.1, -0.05) is 0 Å². The molecule has 0 spiro atoms. The number of halogens is 3. The van der Waals surface area contributed by atoms with Gasteiger partial charge in [-0.05, 0) is 55.9 Å². The second-order valence-electron chi connectivity index (χ2n) is 8.72. The van der Waals surface area contributed by atoms with Crippen LogP contribution in [0.15, 0.2) is 48.9 Å². The fraction of sp³-hybridized carbons (Fsp3) is 0.375. The third kappa shape index (κ3) is 4.57. The molecule has 0 aromatic carbocycles. The first kappa shape index (κ1) is 22.2. The number of hydrogen-bond acceptors (Lipinski definition) is 6. The molecule has 34 heavy (non-hydrogen) atoms. The number of aryl methyl sites for hydroxylation is 1. The van der Waals surface area contributed by atoms with Crippen molar-refractivity contribution in [2.75, 3.05) is 13.2 Å². The monoisotopic (exact) mass is 469 g/mol. The van der Waals surface area contributed by atoms with Crippen molar-refractivity contribution in [3.63, 3.8) is 0 Å². The summed E-state index contributed by atoms with van der Waals surface area (Å²) < 4.78 is 44.1. The second-order valence-corrected chi connectivity index (χ2v) is 8.72. The summed E-state index contributed by atoms with van der Waals surface area (Å²) in [4.78, 5) is 32.3. The number of carbonyl (C=O) groups excluding carboxylic acids is 1. The van der Waals surface area contributed by atoms with E-state index in [1.165, 1.54) is 6.07 Å². The Morgan fingerprint density at radius 3 is 2.59 bits per heavy atom. The molecule has 0 radical (unpaired) electrons. The summed E-state index contributed by atoms with van der Waals surface area (Å²) in [6, 6.07) is 7.20. The molecule has 1 saturated heterocycles. The number of alkyl halides is 3. The number of aromatic nitrogens is 4. The summed E-state index contributed by atoms with van der Waals surface area (Å²) in [6.45, 7) is 2.54. The lowest BCUT2D eigenvalue weighted by molar-refractivity contribution is -0.137. The summed E-state index contributed by atoms with van der Waals surface area (Å²) in [5.41, 5.74) is 0.698. The molecule has 0 bridgehead atoms. The fourth-order valence-electron chi connectivity index (χ4n) is 4.40. The van der Waals surface area contributed by atoms with E-state index < -0.39 is 11.7 Å². The topological polar surface area (TPSA) is 81.1 Å². The van der Waals surface area contributed by atoms with Crippen LogP contribution in [-0.2, 0) is 6.18 Å². The third-order valence-corrected chi connectivity index (χ3v) is 6.31. The van der Waals surface area contributed by atoms with E-state index in [9.17, 15) is 18.0 Å². The highest BCUT2D eigenvalue weighted by Gasteiger charge is 2.48. The van der Waals surface area contributed by atoms with E-state index >= 15 is 0 Å². The minimum absolute atomic E-state index is 0.0883. The summed E-state index contributed by atoms with van der Waals surface area (Å²) in [6.07, 6.45) is 1.33. The van der Waals surface area contributed by atoms with Crippen LogP contribution in [0, 0.1) is 18.8 Å². The molecule has 3 aromatic rings. The number of ether oxygens (including phenoxy) is 1. The van der Waals surface area contributed by atoms with Crippen LogP contribution >= 0.6 is 0 Å². The average Bonchev–Trinajstić information content (AvgIpc) is 3.60. The molecule has 10 heteroatoms. The van der Waals surface area contributed by atoms with Gasteiger partial charge >= 0.3 is 6.18 Å². The van der Waals surface area contributed by atoms with Gasteiger partial charge in [0.05, 0.1) is 17.2 Å². The number of fused-ring (bicyclic) bond motifs is 1. The van der Waals surface area contributed by atoms with Crippen molar-refractivity contribution in [3.05, 3.63) is 65.9 Å². The van der Waals surface area contributed by atoms with Gasteiger partial charge in [-0.3, -0.25) is 4.79 Å². The van der Waals surface area contributed by atoms with Gasteiger partial charge in [-0.2, -0.15) is 13.2 Å². The van der Waals surface area contributed by atoms with Gasteiger partial charge in [-0.25, -0.2) is 19.9 Å². The maximum atomic E-state index is 13.7. The molecular weight excluding hydrogens is 447 g/mol. The van der Waals surface area contributed by atoms with Crippen molar-refractivity contribution in [2.45, 2.75) is 32.0 Å². The van der Waals surface area contributed by atoms with Crippen LogP contribution in [0.3, 0.4) is 0 Å². The van der Waals surface area contributed by atoms with E-state index in [4.69, 9.17) is 4.74 Å². The standard InChI is InChI=1S/C24H22F3N5O2/c1-14-3-5-19(22-28-7-2-8-29-22)21(31-14)23(33)32-12-16-9-15(16)10-18(32)13-34-20-6-4-17(11-30-20)24(25,26)27/h2-8,11,15-16,18H,9-10,12-13H2,1H3. The molecule has 2 aliphatic rings. The van der Waals surface area contributed by atoms with E-state index in [2.05, 4.69) is 19.9 Å². The minimum Gasteiger partial charge on any atom is -0.475 e. The van der Waals surface area contributed by atoms with Crippen molar-refractivity contribution in [2.24, 2.45) is 11.8 Å². The molecule has 3 aromatic heterocycles. The number of rotatable bonds is 5. The number of likely N-dealkylation sites (tertiary alicyclic amines) is 1. The molecule has 0 N–H and O–H groups in total. The number of nitrogens with zero attached hydrogens (tertiary/aromatic N) is 5. The third-order valence-electron chi connectivity index (χ3n) is 6.31. The van der Waals surface area contributed by atoms with Gasteiger partial charge in [-0.15, -0.1) is 0 Å². The van der Waals surface area contributed by atoms with Gasteiger partial charge in [0.15, 0.2) is 5.82 Å². The van der Waals surface area contributed by atoms with E-state index in [0.717, 1.165) is 25.1 Å². The molecule has 1 aliphatic heterocycles. The Hall–Kier alpha value is -3.56. The summed E-state index contributed by atoms with van der Waals surface area (Å²) >= 11 is 0. The molecule has 4 heterocycles. The Morgan fingerprint density at radius 1 is 1.09 bits per heavy atom. The Kier molecular flexibility index (Phi) is 5.66. The summed E-state index contributed by atoms with van der Waals surface area (Å²) in [5.74, 6) is 1.25. The zero-order valence-corrected chi connectivity index (χ0v) is 18.4. The fourth-order valence-corrected chi connectivity index (χ4v) is 4.40. The molecule has 3 unspecified atom stereocenters. The molecular formula is C24H22F3N5O2. The average molecular weight is 469 g/mol. The zero-order chi connectivity index (χ0) is 23.9. The molecule has 3 atom stereocenters. The molecule has 5 rings (SSSR count). The van der Waals surface area contributed by atoms with Gasteiger partial charge < -0.3 is 9.64 Å². The zero-order valence-electron chi connectivity index (χ0n) is 18.4. The van der Waals surface area contributed by atoms with E-state index in [1.54, 1.807) is 29.4 Å². The molecule has 176 valence electrons. The molecule has 1 amide bonds. The van der Waals surface area contributed by atoms with Gasteiger partial charge in [0.25, 0.3) is 5.91 Å². The Morgan fingerprint density at radius 2 is 1.88 bits per heavy atom. The maximum Gasteiger partial charge on any atom is 0.417 e. The molecule has 2 fully saturated rings. The Labute approximate surface area is 194 Å². The first-order valence-corrected chi connectivity index (χ1v) is 11.0. The first-order chi connectivity index (χ1) is 16.3. The van der Waals surface area contributed by atoms with Crippen LogP contribution in [0.25, 0.3) is 11.4 Å². The molecule has 1 saturated carbocycles. The highest BCUT2D eigenvalue weighted by molar-refractivity contribution is 5.98. The quantitative estimate of drug-likeness (QED) is 0.558. The van der Waals surface area contributed by atoms with Crippen LogP contribution in [0.1, 0.15) is 34.6 Å². The predicted octanol–water partition coefficient (Wildman–Crippen LogP) is 4.19. The predicted molar refractivity (Wildman–Crippen MR) is 116 cm³/mol. The van der Waals surface area contributed by atoms with Gasteiger partial charge in [0, 0.05) is 36.9 Å². The lowest BCUT2D eigenvalue weighted by Gasteiger charge is -2.35. The van der Waals surface area contributed by atoms with Crippen molar-refractivity contribution >= 4 is 5.91 Å². The van der Waals surface area contributed by atoms with Crippen LogP contribution in [0.4, 0.5) is 13.2 Å². The van der Waals surface area contributed by atoms with Gasteiger partial charge in [0.2, 0.25) is 5.88 Å². The van der Waals surface area contributed by atoms with Crippen molar-refractivity contribution in [3.8, 4) is 17.3 Å². The van der Waals surface area contributed by atoms with Crippen LogP contribution in [0.5, 0.6) is 5.88 Å². The molecule has 1 aliphatic carbocycles. The number of pyridine rings is 2. The smallest absolute Gasteiger partial charge is 0.417 e.